The Hall–Kier alpha value is -0.940. The minimum Gasteiger partial charge on any atom is -0.353 e. The Labute approximate surface area is 77.5 Å². The van der Waals surface area contributed by atoms with Crippen molar-refractivity contribution in [2.45, 2.75) is 0 Å². The van der Waals surface area contributed by atoms with E-state index in [9.17, 15) is 9.59 Å². The van der Waals surface area contributed by atoms with E-state index in [1.807, 2.05) is 4.90 Å². The maximum absolute atomic E-state index is 11.2. The molecular weight excluding hydrogens is 170 g/mol. The SMILES string of the molecule is CNC(=O)C(=O)CN1CCNCC1. The van der Waals surface area contributed by atoms with Crippen LogP contribution in [-0.2, 0) is 9.59 Å². The van der Waals surface area contributed by atoms with Crippen molar-refractivity contribution in [1.29, 1.82) is 0 Å². The van der Waals surface area contributed by atoms with E-state index in [2.05, 4.69) is 10.6 Å². The van der Waals surface area contributed by atoms with Crippen molar-refractivity contribution in [3.63, 3.8) is 0 Å². The summed E-state index contributed by atoms with van der Waals surface area (Å²) < 4.78 is 0. The second-order valence-electron chi connectivity index (χ2n) is 3.03. The predicted molar refractivity (Wildman–Crippen MR) is 48.4 cm³/mol. The summed E-state index contributed by atoms with van der Waals surface area (Å²) in [6.07, 6.45) is 0. The third-order valence-corrected chi connectivity index (χ3v) is 2.06. The number of hydrogen-bond acceptors (Lipinski definition) is 4. The molecule has 1 rings (SSSR count). The first kappa shape index (κ1) is 10.1. The minimum atomic E-state index is -0.501. The Morgan fingerprint density at radius 3 is 2.54 bits per heavy atom. The molecule has 0 aliphatic carbocycles. The number of nitrogens with one attached hydrogen (secondary N) is 2. The fourth-order valence-corrected chi connectivity index (χ4v) is 1.28. The zero-order valence-corrected chi connectivity index (χ0v) is 7.80. The first-order chi connectivity index (χ1) is 6.24. The lowest BCUT2D eigenvalue weighted by Gasteiger charge is -2.25. The number of rotatable bonds is 3. The molecule has 1 fully saturated rings. The normalized spacial score (nSPS) is 18.2. The lowest BCUT2D eigenvalue weighted by atomic mass is 10.3. The third-order valence-electron chi connectivity index (χ3n) is 2.06. The van der Waals surface area contributed by atoms with Crippen molar-refractivity contribution in [3.05, 3.63) is 0 Å². The van der Waals surface area contributed by atoms with Crippen LogP contribution in [0.15, 0.2) is 0 Å². The maximum atomic E-state index is 11.2. The van der Waals surface area contributed by atoms with E-state index in [1.54, 1.807) is 0 Å². The van der Waals surface area contributed by atoms with Gasteiger partial charge in [-0.3, -0.25) is 14.5 Å². The Morgan fingerprint density at radius 1 is 1.38 bits per heavy atom. The van der Waals surface area contributed by atoms with E-state index in [-0.39, 0.29) is 12.3 Å². The highest BCUT2D eigenvalue weighted by molar-refractivity contribution is 6.36. The number of ketones is 1. The second-order valence-corrected chi connectivity index (χ2v) is 3.03. The van der Waals surface area contributed by atoms with Gasteiger partial charge in [-0.2, -0.15) is 0 Å². The average molecular weight is 185 g/mol. The molecule has 0 atom stereocenters. The van der Waals surface area contributed by atoms with Crippen molar-refractivity contribution >= 4 is 11.7 Å². The molecule has 0 saturated carbocycles. The Morgan fingerprint density at radius 2 is 2.00 bits per heavy atom. The molecule has 13 heavy (non-hydrogen) atoms. The number of carbonyl (C=O) groups is 2. The topological polar surface area (TPSA) is 61.4 Å². The molecular formula is C8H15N3O2. The summed E-state index contributed by atoms with van der Waals surface area (Å²) in [5.41, 5.74) is 0. The number of hydrogen-bond donors (Lipinski definition) is 2. The van der Waals surface area contributed by atoms with Crippen LogP contribution in [0.4, 0.5) is 0 Å². The Balaban J connectivity index is 2.30. The molecule has 0 radical (unpaired) electrons. The quantitative estimate of drug-likeness (QED) is 0.510. The van der Waals surface area contributed by atoms with Crippen LogP contribution in [0.1, 0.15) is 0 Å². The van der Waals surface area contributed by atoms with Crippen LogP contribution in [0.25, 0.3) is 0 Å². The number of amides is 1. The Bertz CT molecular complexity index is 200. The monoisotopic (exact) mass is 185 g/mol. The van der Waals surface area contributed by atoms with Crippen molar-refractivity contribution in [2.24, 2.45) is 0 Å². The van der Waals surface area contributed by atoms with E-state index < -0.39 is 5.91 Å². The van der Waals surface area contributed by atoms with Crippen molar-refractivity contribution in [1.82, 2.24) is 15.5 Å². The zero-order chi connectivity index (χ0) is 9.68. The van der Waals surface area contributed by atoms with E-state index in [1.165, 1.54) is 7.05 Å². The molecule has 0 aromatic heterocycles. The molecule has 0 spiro atoms. The molecule has 1 aliphatic heterocycles. The van der Waals surface area contributed by atoms with Crippen LogP contribution < -0.4 is 10.6 Å². The predicted octanol–water partition coefficient (Wildman–Crippen LogP) is -1.79. The fraction of sp³-hybridized carbons (Fsp3) is 0.750. The summed E-state index contributed by atoms with van der Waals surface area (Å²) in [7, 11) is 1.47. The van der Waals surface area contributed by atoms with Crippen molar-refractivity contribution in [2.75, 3.05) is 39.8 Å². The van der Waals surface area contributed by atoms with Gasteiger partial charge in [-0.1, -0.05) is 0 Å². The lowest BCUT2D eigenvalue weighted by Crippen LogP contribution is -2.47. The van der Waals surface area contributed by atoms with Gasteiger partial charge in [0.05, 0.1) is 6.54 Å². The van der Waals surface area contributed by atoms with Crippen LogP contribution in [0.2, 0.25) is 0 Å². The van der Waals surface area contributed by atoms with E-state index in [0.717, 1.165) is 26.2 Å². The molecule has 0 aromatic carbocycles. The van der Waals surface area contributed by atoms with E-state index in [0.29, 0.717) is 0 Å². The van der Waals surface area contributed by atoms with Gasteiger partial charge in [-0.25, -0.2) is 0 Å². The highest BCUT2D eigenvalue weighted by Crippen LogP contribution is 1.91. The molecule has 1 amide bonds. The highest BCUT2D eigenvalue weighted by atomic mass is 16.2. The van der Waals surface area contributed by atoms with Crippen LogP contribution in [0.5, 0.6) is 0 Å². The zero-order valence-electron chi connectivity index (χ0n) is 7.80. The van der Waals surface area contributed by atoms with Gasteiger partial charge in [0.25, 0.3) is 5.91 Å². The second kappa shape index (κ2) is 4.94. The maximum Gasteiger partial charge on any atom is 0.288 e. The van der Waals surface area contributed by atoms with Gasteiger partial charge in [0.1, 0.15) is 0 Å². The summed E-state index contributed by atoms with van der Waals surface area (Å²) in [6, 6.07) is 0. The van der Waals surface area contributed by atoms with Gasteiger partial charge in [-0.15, -0.1) is 0 Å². The molecule has 5 nitrogen and oxygen atoms in total. The number of nitrogens with zero attached hydrogens (tertiary/aromatic N) is 1. The standard InChI is InChI=1S/C8H15N3O2/c1-9-8(13)7(12)6-11-4-2-10-3-5-11/h10H,2-6H2,1H3,(H,9,13). The van der Waals surface area contributed by atoms with Crippen LogP contribution >= 0.6 is 0 Å². The number of piperazine rings is 1. The molecule has 0 unspecified atom stereocenters. The summed E-state index contributed by atoms with van der Waals surface area (Å²) in [5.74, 6) is -0.858. The minimum absolute atomic E-state index is 0.237. The molecule has 5 heteroatoms. The molecule has 1 aliphatic rings. The van der Waals surface area contributed by atoms with Gasteiger partial charge < -0.3 is 10.6 Å². The van der Waals surface area contributed by atoms with Gasteiger partial charge in [-0.05, 0) is 0 Å². The fourth-order valence-electron chi connectivity index (χ4n) is 1.28. The number of Topliss-reactive ketones (excluding diaryl/α,β-unsaturated/α-hetero) is 1. The average Bonchev–Trinajstić information content (AvgIpc) is 2.18. The van der Waals surface area contributed by atoms with Crippen molar-refractivity contribution in [3.8, 4) is 0 Å². The van der Waals surface area contributed by atoms with Gasteiger partial charge in [0, 0.05) is 33.2 Å². The number of likely N-dealkylation sites (N-methyl/N-ethyl adjacent to an activating group) is 1. The smallest absolute Gasteiger partial charge is 0.288 e. The summed E-state index contributed by atoms with van der Waals surface area (Å²) >= 11 is 0. The Kier molecular flexibility index (Phi) is 3.85. The van der Waals surface area contributed by atoms with Gasteiger partial charge in [0.2, 0.25) is 5.78 Å². The van der Waals surface area contributed by atoms with Crippen LogP contribution in [0.3, 0.4) is 0 Å². The molecule has 74 valence electrons. The summed E-state index contributed by atoms with van der Waals surface area (Å²) in [4.78, 5) is 24.0. The molecule has 2 N–H and O–H groups in total. The van der Waals surface area contributed by atoms with Crippen molar-refractivity contribution < 1.29 is 9.59 Å². The molecule has 0 aromatic rings. The first-order valence-electron chi connectivity index (χ1n) is 4.42. The third kappa shape index (κ3) is 3.12. The molecule has 1 saturated heterocycles. The van der Waals surface area contributed by atoms with E-state index in [4.69, 9.17) is 0 Å². The largest absolute Gasteiger partial charge is 0.353 e. The summed E-state index contributed by atoms with van der Waals surface area (Å²) in [5, 5.41) is 5.50. The van der Waals surface area contributed by atoms with E-state index >= 15 is 0 Å². The van der Waals surface area contributed by atoms with Crippen LogP contribution in [-0.4, -0.2) is 56.4 Å². The summed E-state index contributed by atoms with van der Waals surface area (Å²) in [6.45, 7) is 3.69. The number of carbonyl (C=O) groups excluding carboxylic acids is 2. The lowest BCUT2D eigenvalue weighted by molar-refractivity contribution is -0.138. The molecule has 1 heterocycles. The molecule has 0 bridgehead atoms. The van der Waals surface area contributed by atoms with Gasteiger partial charge >= 0.3 is 0 Å². The van der Waals surface area contributed by atoms with Gasteiger partial charge in [0.15, 0.2) is 0 Å². The first-order valence-corrected chi connectivity index (χ1v) is 4.42. The van der Waals surface area contributed by atoms with Crippen LogP contribution in [0, 0.1) is 0 Å². The highest BCUT2D eigenvalue weighted by Gasteiger charge is 2.17.